The quantitative estimate of drug-likeness (QED) is 0.849. The molecule has 0 spiro atoms. The van der Waals surface area contributed by atoms with E-state index >= 15 is 0 Å². The first kappa shape index (κ1) is 11.4. The largest absolute Gasteiger partial charge is 0.366 e. The van der Waals surface area contributed by atoms with Crippen molar-refractivity contribution < 1.29 is 5.11 Å². The Morgan fingerprint density at radius 1 is 1.35 bits per heavy atom. The van der Waals surface area contributed by atoms with Crippen molar-refractivity contribution >= 4 is 28.5 Å². The molecule has 2 heterocycles. The van der Waals surface area contributed by atoms with Crippen LogP contribution in [0.3, 0.4) is 0 Å². The lowest BCUT2D eigenvalue weighted by Crippen LogP contribution is -2.46. The van der Waals surface area contributed by atoms with Gasteiger partial charge in [-0.05, 0) is 18.6 Å². The summed E-state index contributed by atoms with van der Waals surface area (Å²) in [6, 6.07) is 7.41. The summed E-state index contributed by atoms with van der Waals surface area (Å²) in [5.41, 5.74) is -0.0318. The minimum Gasteiger partial charge on any atom is -0.366 e. The van der Waals surface area contributed by atoms with Gasteiger partial charge in [-0.3, -0.25) is 4.99 Å². The van der Waals surface area contributed by atoms with Gasteiger partial charge in [-0.1, -0.05) is 35.5 Å². The highest BCUT2D eigenvalue weighted by atomic mass is 35.5. The Morgan fingerprint density at radius 2 is 2.12 bits per heavy atom. The third-order valence-corrected chi connectivity index (χ3v) is 4.58. The lowest BCUT2D eigenvalue weighted by Gasteiger charge is -2.36. The van der Waals surface area contributed by atoms with Crippen molar-refractivity contribution in [3.63, 3.8) is 0 Å². The van der Waals surface area contributed by atoms with Crippen molar-refractivity contribution in [2.45, 2.75) is 12.1 Å². The molecule has 2 aliphatic heterocycles. The van der Waals surface area contributed by atoms with Crippen LogP contribution in [0.15, 0.2) is 29.3 Å². The molecule has 0 aromatic heterocycles. The minimum atomic E-state index is -0.922. The van der Waals surface area contributed by atoms with Gasteiger partial charge in [-0.2, -0.15) is 0 Å². The SMILES string of the molecule is OC1(c2ccc(Cl)cc2)CSC2=NCCCN21. The number of benzene rings is 1. The minimum absolute atomic E-state index is 0.632. The van der Waals surface area contributed by atoms with Crippen molar-refractivity contribution in [2.24, 2.45) is 4.99 Å². The van der Waals surface area contributed by atoms with Gasteiger partial charge < -0.3 is 10.0 Å². The van der Waals surface area contributed by atoms with Crippen LogP contribution < -0.4 is 0 Å². The van der Waals surface area contributed by atoms with E-state index in [1.54, 1.807) is 11.8 Å². The molecule has 0 amide bonds. The molecule has 1 aromatic carbocycles. The summed E-state index contributed by atoms with van der Waals surface area (Å²) in [5, 5.41) is 12.5. The highest BCUT2D eigenvalue weighted by Gasteiger charge is 2.45. The predicted molar refractivity (Wildman–Crippen MR) is 71.4 cm³/mol. The second-order valence-corrected chi connectivity index (χ2v) is 5.66. The highest BCUT2D eigenvalue weighted by Crippen LogP contribution is 2.40. The first-order valence-electron chi connectivity index (χ1n) is 5.63. The first-order chi connectivity index (χ1) is 8.20. The van der Waals surface area contributed by atoms with E-state index in [0.717, 1.165) is 30.2 Å². The summed E-state index contributed by atoms with van der Waals surface area (Å²) in [4.78, 5) is 6.45. The number of amidine groups is 1. The molecule has 1 atom stereocenters. The maximum Gasteiger partial charge on any atom is 0.175 e. The van der Waals surface area contributed by atoms with Crippen molar-refractivity contribution in [2.75, 3.05) is 18.8 Å². The number of nitrogens with zero attached hydrogens (tertiary/aromatic N) is 2. The first-order valence-corrected chi connectivity index (χ1v) is 7.00. The molecule has 1 saturated heterocycles. The van der Waals surface area contributed by atoms with Crippen LogP contribution in [0, 0.1) is 0 Å². The molecule has 1 N–H and O–H groups in total. The van der Waals surface area contributed by atoms with E-state index in [9.17, 15) is 5.11 Å². The van der Waals surface area contributed by atoms with Gasteiger partial charge >= 0.3 is 0 Å². The Bertz CT molecular complexity index is 462. The van der Waals surface area contributed by atoms with Gasteiger partial charge in [-0.15, -0.1) is 0 Å². The summed E-state index contributed by atoms with van der Waals surface area (Å²) in [6.07, 6.45) is 1.000. The molecule has 17 heavy (non-hydrogen) atoms. The summed E-state index contributed by atoms with van der Waals surface area (Å²) < 4.78 is 0. The van der Waals surface area contributed by atoms with Gasteiger partial charge in [0.2, 0.25) is 0 Å². The lowest BCUT2D eigenvalue weighted by atomic mass is 10.0. The molecule has 1 fully saturated rings. The van der Waals surface area contributed by atoms with Crippen LogP contribution in [0.5, 0.6) is 0 Å². The van der Waals surface area contributed by atoms with Crippen LogP contribution in [-0.4, -0.2) is 34.0 Å². The number of hydrogen-bond donors (Lipinski definition) is 1. The maximum atomic E-state index is 10.8. The molecule has 0 saturated carbocycles. The van der Waals surface area contributed by atoms with E-state index in [-0.39, 0.29) is 0 Å². The molecule has 3 nitrogen and oxygen atoms in total. The Balaban J connectivity index is 1.98. The number of halogens is 1. The molecule has 2 aliphatic rings. The standard InChI is InChI=1S/C12H13ClN2OS/c13-10-4-2-9(3-5-10)12(16)8-17-11-14-6-1-7-15(11)12/h2-5,16H,1,6-8H2. The molecule has 0 bridgehead atoms. The van der Waals surface area contributed by atoms with Gasteiger partial charge in [0.05, 0.1) is 5.75 Å². The maximum absolute atomic E-state index is 10.8. The van der Waals surface area contributed by atoms with E-state index in [1.165, 1.54) is 0 Å². The molecule has 1 aromatic rings. The average Bonchev–Trinajstić information content (AvgIpc) is 2.70. The molecule has 5 heteroatoms. The van der Waals surface area contributed by atoms with Gasteiger partial charge in [0.1, 0.15) is 0 Å². The molecule has 0 aliphatic carbocycles. The van der Waals surface area contributed by atoms with E-state index in [0.29, 0.717) is 10.8 Å². The fraction of sp³-hybridized carbons (Fsp3) is 0.417. The topological polar surface area (TPSA) is 35.8 Å². The zero-order valence-corrected chi connectivity index (χ0v) is 10.8. The molecular weight excluding hydrogens is 256 g/mol. The monoisotopic (exact) mass is 268 g/mol. The Hall–Kier alpha value is -0.710. The van der Waals surface area contributed by atoms with E-state index in [1.807, 2.05) is 29.2 Å². The summed E-state index contributed by atoms with van der Waals surface area (Å²) in [5.74, 6) is 0.632. The Labute approximate surface area is 109 Å². The fourth-order valence-electron chi connectivity index (χ4n) is 2.25. The van der Waals surface area contributed by atoms with Crippen molar-refractivity contribution in [1.29, 1.82) is 0 Å². The molecule has 1 unspecified atom stereocenters. The van der Waals surface area contributed by atoms with Crippen molar-refractivity contribution in [1.82, 2.24) is 4.90 Å². The zero-order chi connectivity index (χ0) is 11.9. The molecular formula is C12H13ClN2OS. The number of rotatable bonds is 1. The number of hydrogen-bond acceptors (Lipinski definition) is 4. The number of fused-ring (bicyclic) bond motifs is 1. The smallest absolute Gasteiger partial charge is 0.175 e. The summed E-state index contributed by atoms with van der Waals surface area (Å²) in [7, 11) is 0. The molecule has 90 valence electrons. The number of thioether (sulfide) groups is 1. The van der Waals surface area contributed by atoms with E-state index in [2.05, 4.69) is 4.99 Å². The second-order valence-electron chi connectivity index (χ2n) is 4.28. The lowest BCUT2D eigenvalue weighted by molar-refractivity contribution is -0.0497. The third-order valence-electron chi connectivity index (χ3n) is 3.17. The van der Waals surface area contributed by atoms with Crippen LogP contribution in [0.25, 0.3) is 0 Å². The zero-order valence-electron chi connectivity index (χ0n) is 9.27. The van der Waals surface area contributed by atoms with E-state index < -0.39 is 5.72 Å². The number of aliphatic hydroxyl groups is 1. The average molecular weight is 269 g/mol. The number of aliphatic imine (C=N–C) groups is 1. The third kappa shape index (κ3) is 1.84. The Morgan fingerprint density at radius 3 is 2.88 bits per heavy atom. The van der Waals surface area contributed by atoms with Crippen molar-refractivity contribution in [3.8, 4) is 0 Å². The molecule has 0 radical (unpaired) electrons. The van der Waals surface area contributed by atoms with Gasteiger partial charge in [0.25, 0.3) is 0 Å². The van der Waals surface area contributed by atoms with E-state index in [4.69, 9.17) is 11.6 Å². The summed E-state index contributed by atoms with van der Waals surface area (Å²) >= 11 is 7.50. The summed E-state index contributed by atoms with van der Waals surface area (Å²) in [6.45, 7) is 1.74. The van der Waals surface area contributed by atoms with Crippen LogP contribution in [-0.2, 0) is 5.72 Å². The van der Waals surface area contributed by atoms with Crippen molar-refractivity contribution in [3.05, 3.63) is 34.9 Å². The predicted octanol–water partition coefficient (Wildman–Crippen LogP) is 2.29. The normalized spacial score (nSPS) is 27.9. The van der Waals surface area contributed by atoms with Gasteiger partial charge in [0.15, 0.2) is 10.9 Å². The van der Waals surface area contributed by atoms with Crippen LogP contribution in [0.4, 0.5) is 0 Å². The highest BCUT2D eigenvalue weighted by molar-refractivity contribution is 8.14. The Kier molecular flexibility index (Phi) is 2.81. The second kappa shape index (κ2) is 4.19. The van der Waals surface area contributed by atoms with Gasteiger partial charge in [-0.25, -0.2) is 0 Å². The van der Waals surface area contributed by atoms with Crippen LogP contribution >= 0.6 is 23.4 Å². The van der Waals surface area contributed by atoms with Crippen LogP contribution in [0.2, 0.25) is 5.02 Å². The van der Waals surface area contributed by atoms with Gasteiger partial charge in [0, 0.05) is 23.7 Å². The van der Waals surface area contributed by atoms with Crippen LogP contribution in [0.1, 0.15) is 12.0 Å². The fourth-order valence-corrected chi connectivity index (χ4v) is 3.61. The molecule has 3 rings (SSSR count).